The van der Waals surface area contributed by atoms with Gasteiger partial charge in [-0.15, -0.1) is 0 Å². The minimum atomic E-state index is 0.0644. The summed E-state index contributed by atoms with van der Waals surface area (Å²) < 4.78 is 11.1. The Morgan fingerprint density at radius 3 is 2.40 bits per heavy atom. The Hall–Kier alpha value is -1.61. The van der Waals surface area contributed by atoms with Crippen molar-refractivity contribution >= 4 is 5.78 Å². The number of hydrogen-bond donors (Lipinski definition) is 0. The van der Waals surface area contributed by atoms with E-state index in [1.54, 1.807) is 19.1 Å². The zero-order valence-corrected chi connectivity index (χ0v) is 12.8. The van der Waals surface area contributed by atoms with Crippen LogP contribution >= 0.6 is 0 Å². The second-order valence-corrected chi connectivity index (χ2v) is 5.35. The highest BCUT2D eigenvalue weighted by Gasteiger charge is 1.99. The first-order chi connectivity index (χ1) is 9.49. The van der Waals surface area contributed by atoms with E-state index in [0.717, 1.165) is 17.9 Å². The van der Waals surface area contributed by atoms with Gasteiger partial charge in [0.2, 0.25) is 0 Å². The van der Waals surface area contributed by atoms with E-state index in [4.69, 9.17) is 9.47 Å². The average Bonchev–Trinajstić information content (AvgIpc) is 2.39. The Morgan fingerprint density at radius 1 is 1.20 bits per heavy atom. The van der Waals surface area contributed by atoms with Crippen molar-refractivity contribution in [3.8, 4) is 5.75 Å². The van der Waals surface area contributed by atoms with Crippen molar-refractivity contribution in [3.05, 3.63) is 41.5 Å². The van der Waals surface area contributed by atoms with Crippen LogP contribution in [0.25, 0.3) is 0 Å². The van der Waals surface area contributed by atoms with Crippen LogP contribution in [0, 0.1) is 5.92 Å². The van der Waals surface area contributed by atoms with Gasteiger partial charge in [-0.2, -0.15) is 0 Å². The topological polar surface area (TPSA) is 35.5 Å². The molecule has 20 heavy (non-hydrogen) atoms. The fourth-order valence-electron chi connectivity index (χ4n) is 1.58. The molecule has 3 nitrogen and oxygen atoms in total. The lowest BCUT2D eigenvalue weighted by atomic mass is 10.1. The molecule has 3 heteroatoms. The highest BCUT2D eigenvalue weighted by Crippen LogP contribution is 2.12. The van der Waals surface area contributed by atoms with Gasteiger partial charge in [0.05, 0.1) is 6.61 Å². The smallest absolute Gasteiger partial charge is 0.159 e. The molecule has 1 rings (SSSR count). The van der Waals surface area contributed by atoms with Gasteiger partial charge in [0.15, 0.2) is 5.78 Å². The lowest BCUT2D eigenvalue weighted by molar-refractivity contribution is 0.101. The molecule has 0 N–H and O–H groups in total. The molecular weight excluding hydrogens is 252 g/mol. The van der Waals surface area contributed by atoms with Gasteiger partial charge in [-0.05, 0) is 55.7 Å². The van der Waals surface area contributed by atoms with Gasteiger partial charge in [-0.25, -0.2) is 0 Å². The fraction of sp³-hybridized carbons (Fsp3) is 0.471. The normalized spacial score (nSPS) is 11.8. The number of ketones is 1. The third-order valence-electron chi connectivity index (χ3n) is 2.72. The maximum Gasteiger partial charge on any atom is 0.159 e. The van der Waals surface area contributed by atoms with Crippen LogP contribution in [0.5, 0.6) is 5.75 Å². The van der Waals surface area contributed by atoms with Crippen LogP contribution in [0.4, 0.5) is 0 Å². The summed E-state index contributed by atoms with van der Waals surface area (Å²) in [4.78, 5) is 11.1. The molecule has 0 saturated heterocycles. The van der Waals surface area contributed by atoms with Crippen LogP contribution in [0.15, 0.2) is 35.9 Å². The number of ether oxygens (including phenoxy) is 2. The van der Waals surface area contributed by atoms with E-state index < -0.39 is 0 Å². The van der Waals surface area contributed by atoms with Crippen molar-refractivity contribution < 1.29 is 14.3 Å². The quantitative estimate of drug-likeness (QED) is 0.534. The summed E-state index contributed by atoms with van der Waals surface area (Å²) in [6.45, 7) is 9.78. The Labute approximate surface area is 121 Å². The van der Waals surface area contributed by atoms with E-state index in [0.29, 0.717) is 24.7 Å². The largest absolute Gasteiger partial charge is 0.490 e. The Balaban J connectivity index is 2.33. The standard InChI is InChI=1S/C17H24O3/c1-13(2)11-19-12-14(3)9-10-20-17-7-5-16(6-8-17)15(4)18/h5-9,13H,10-12H2,1-4H3/b14-9+. The molecule has 1 aromatic rings. The number of rotatable bonds is 8. The number of hydrogen-bond acceptors (Lipinski definition) is 3. The maximum absolute atomic E-state index is 11.1. The maximum atomic E-state index is 11.1. The molecule has 0 bridgehead atoms. The lowest BCUT2D eigenvalue weighted by Crippen LogP contribution is -2.05. The van der Waals surface area contributed by atoms with E-state index in [1.807, 2.05) is 25.1 Å². The monoisotopic (exact) mass is 276 g/mol. The van der Waals surface area contributed by atoms with Crippen LogP contribution in [-0.4, -0.2) is 25.6 Å². The van der Waals surface area contributed by atoms with E-state index in [1.165, 1.54) is 0 Å². The second kappa shape index (κ2) is 8.54. The van der Waals surface area contributed by atoms with E-state index >= 15 is 0 Å². The molecule has 0 aliphatic rings. The van der Waals surface area contributed by atoms with Gasteiger partial charge in [-0.1, -0.05) is 13.8 Å². The van der Waals surface area contributed by atoms with E-state index in [9.17, 15) is 4.79 Å². The summed E-state index contributed by atoms with van der Waals surface area (Å²) in [5.74, 6) is 1.38. The summed E-state index contributed by atoms with van der Waals surface area (Å²) in [6.07, 6.45) is 2.01. The molecular formula is C17H24O3. The minimum absolute atomic E-state index is 0.0644. The molecule has 0 aliphatic carbocycles. The van der Waals surface area contributed by atoms with Crippen LogP contribution < -0.4 is 4.74 Å². The van der Waals surface area contributed by atoms with Gasteiger partial charge < -0.3 is 9.47 Å². The van der Waals surface area contributed by atoms with Gasteiger partial charge in [0, 0.05) is 12.2 Å². The molecule has 0 unspecified atom stereocenters. The molecule has 0 aromatic heterocycles. The summed E-state index contributed by atoms with van der Waals surface area (Å²) in [5, 5.41) is 0. The second-order valence-electron chi connectivity index (χ2n) is 5.35. The van der Waals surface area contributed by atoms with Crippen LogP contribution in [0.3, 0.4) is 0 Å². The molecule has 0 saturated carbocycles. The van der Waals surface area contributed by atoms with Crippen molar-refractivity contribution in [2.24, 2.45) is 5.92 Å². The molecule has 0 spiro atoms. The summed E-state index contributed by atoms with van der Waals surface area (Å²) >= 11 is 0. The molecule has 0 radical (unpaired) electrons. The third-order valence-corrected chi connectivity index (χ3v) is 2.72. The lowest BCUT2D eigenvalue weighted by Gasteiger charge is -2.08. The molecule has 0 atom stereocenters. The molecule has 0 heterocycles. The first-order valence-corrected chi connectivity index (χ1v) is 6.96. The highest BCUT2D eigenvalue weighted by molar-refractivity contribution is 5.94. The fourth-order valence-corrected chi connectivity index (χ4v) is 1.58. The number of benzene rings is 1. The molecule has 110 valence electrons. The van der Waals surface area contributed by atoms with Gasteiger partial charge in [0.25, 0.3) is 0 Å². The van der Waals surface area contributed by atoms with Crippen LogP contribution in [0.2, 0.25) is 0 Å². The molecule has 0 fully saturated rings. The number of carbonyl (C=O) groups is 1. The molecule has 0 amide bonds. The van der Waals surface area contributed by atoms with Crippen molar-refractivity contribution in [1.82, 2.24) is 0 Å². The Bertz CT molecular complexity index is 444. The first-order valence-electron chi connectivity index (χ1n) is 6.96. The predicted molar refractivity (Wildman–Crippen MR) is 81.4 cm³/mol. The number of carbonyl (C=O) groups excluding carboxylic acids is 1. The summed E-state index contributed by atoms with van der Waals surface area (Å²) in [5.41, 5.74) is 1.86. The minimum Gasteiger partial charge on any atom is -0.490 e. The van der Waals surface area contributed by atoms with Crippen molar-refractivity contribution in [2.45, 2.75) is 27.7 Å². The summed E-state index contributed by atoms with van der Waals surface area (Å²) in [7, 11) is 0. The Morgan fingerprint density at radius 2 is 1.85 bits per heavy atom. The van der Waals surface area contributed by atoms with Gasteiger partial charge in [0.1, 0.15) is 12.4 Å². The highest BCUT2D eigenvalue weighted by atomic mass is 16.5. The molecule has 1 aromatic carbocycles. The van der Waals surface area contributed by atoms with Crippen molar-refractivity contribution in [1.29, 1.82) is 0 Å². The zero-order chi connectivity index (χ0) is 15.0. The van der Waals surface area contributed by atoms with Gasteiger partial charge >= 0.3 is 0 Å². The Kier molecular flexibility index (Phi) is 7.02. The van der Waals surface area contributed by atoms with Gasteiger partial charge in [-0.3, -0.25) is 4.79 Å². The van der Waals surface area contributed by atoms with Crippen LogP contribution in [-0.2, 0) is 4.74 Å². The first kappa shape index (κ1) is 16.4. The SMILES string of the molecule is CC(=O)c1ccc(OC/C=C(\C)COCC(C)C)cc1. The average molecular weight is 276 g/mol. The molecule has 0 aliphatic heterocycles. The van der Waals surface area contributed by atoms with Crippen molar-refractivity contribution in [3.63, 3.8) is 0 Å². The van der Waals surface area contributed by atoms with Crippen LogP contribution in [0.1, 0.15) is 38.1 Å². The zero-order valence-electron chi connectivity index (χ0n) is 12.8. The van der Waals surface area contributed by atoms with E-state index in [2.05, 4.69) is 13.8 Å². The summed E-state index contributed by atoms with van der Waals surface area (Å²) in [6, 6.07) is 7.18. The van der Waals surface area contributed by atoms with Crippen molar-refractivity contribution in [2.75, 3.05) is 19.8 Å². The van der Waals surface area contributed by atoms with E-state index in [-0.39, 0.29) is 5.78 Å². The number of Topliss-reactive ketones (excluding diaryl/α,β-unsaturated/α-hetero) is 1. The third kappa shape index (κ3) is 6.53. The predicted octanol–water partition coefficient (Wildman–Crippen LogP) is 3.89.